The van der Waals surface area contributed by atoms with Gasteiger partial charge in [0, 0.05) is 0 Å². The first-order valence-corrected chi connectivity index (χ1v) is 7.91. The molecule has 3 nitrogen and oxygen atoms in total. The second-order valence-corrected chi connectivity index (χ2v) is 5.62. The molecule has 3 rings (SSSR count). The maximum atomic E-state index is 6.03. The minimum atomic E-state index is 0. The van der Waals surface area contributed by atoms with Crippen LogP contribution in [-0.2, 0) is 6.54 Å². The summed E-state index contributed by atoms with van der Waals surface area (Å²) in [7, 11) is 0. The first-order valence-electron chi connectivity index (χ1n) is 7.91. The van der Waals surface area contributed by atoms with Gasteiger partial charge in [0.05, 0.1) is 23.9 Å². The third-order valence-corrected chi connectivity index (χ3v) is 4.18. The average Bonchev–Trinajstić information content (AvgIpc) is 2.98. The van der Waals surface area contributed by atoms with Crippen molar-refractivity contribution in [1.82, 2.24) is 9.55 Å². The van der Waals surface area contributed by atoms with Gasteiger partial charge in [0.1, 0.15) is 12.4 Å². The molecule has 0 fully saturated rings. The van der Waals surface area contributed by atoms with Crippen molar-refractivity contribution in [3.8, 4) is 5.75 Å². The van der Waals surface area contributed by atoms with Gasteiger partial charge in [-0.3, -0.25) is 0 Å². The van der Waals surface area contributed by atoms with Crippen molar-refractivity contribution in [3.63, 3.8) is 0 Å². The molecule has 0 N–H and O–H groups in total. The normalized spacial score (nSPS) is 11.9. The van der Waals surface area contributed by atoms with Crippen LogP contribution in [0.15, 0.2) is 54.9 Å². The molecule has 1 atom stereocenters. The molecule has 0 amide bonds. The summed E-state index contributed by atoms with van der Waals surface area (Å²) in [5, 5.41) is 0. The second-order valence-electron chi connectivity index (χ2n) is 5.62. The molecule has 122 valence electrons. The largest absolute Gasteiger partial charge is 0.491 e. The van der Waals surface area contributed by atoms with E-state index in [0.29, 0.717) is 12.5 Å². The molecule has 23 heavy (non-hydrogen) atoms. The Hall–Kier alpha value is -2.00. The van der Waals surface area contributed by atoms with Crippen LogP contribution in [-0.4, -0.2) is 16.2 Å². The van der Waals surface area contributed by atoms with Crippen molar-refractivity contribution in [2.45, 2.75) is 32.7 Å². The van der Waals surface area contributed by atoms with E-state index in [1.54, 1.807) is 0 Å². The Labute approximate surface area is 143 Å². The summed E-state index contributed by atoms with van der Waals surface area (Å²) in [4.78, 5) is 4.41. The molecule has 0 bridgehead atoms. The van der Waals surface area contributed by atoms with Gasteiger partial charge in [-0.1, -0.05) is 44.2 Å². The zero-order valence-corrected chi connectivity index (χ0v) is 14.4. The molecule has 3 aromatic rings. The van der Waals surface area contributed by atoms with Crippen LogP contribution in [0.2, 0.25) is 0 Å². The Balaban J connectivity index is 0.00000192. The first kappa shape index (κ1) is 17.4. The molecule has 0 saturated heterocycles. The van der Waals surface area contributed by atoms with E-state index in [2.05, 4.69) is 47.7 Å². The number of para-hydroxylation sites is 3. The van der Waals surface area contributed by atoms with Crippen LogP contribution in [0.4, 0.5) is 0 Å². The van der Waals surface area contributed by atoms with Crippen molar-refractivity contribution in [3.05, 3.63) is 60.4 Å². The number of ether oxygens (including phenoxy) is 1. The number of hydrogen-bond acceptors (Lipinski definition) is 2. The standard InChI is InChI=1S/C19H22N2O.ClH/c1-3-15(2)16-8-4-7-11-19(16)22-13-12-21-14-20-17-9-5-6-10-18(17)21;/h4-11,14-15H,3,12-13H2,1-2H3;1H. The number of hydrogen-bond donors (Lipinski definition) is 0. The Kier molecular flexibility index (Phi) is 6.05. The lowest BCUT2D eigenvalue weighted by Gasteiger charge is -2.16. The summed E-state index contributed by atoms with van der Waals surface area (Å²) in [6, 6.07) is 16.5. The van der Waals surface area contributed by atoms with E-state index in [4.69, 9.17) is 4.74 Å². The molecule has 0 saturated carbocycles. The van der Waals surface area contributed by atoms with E-state index in [0.717, 1.165) is 29.7 Å². The van der Waals surface area contributed by atoms with Crippen molar-refractivity contribution in [1.29, 1.82) is 0 Å². The summed E-state index contributed by atoms with van der Waals surface area (Å²) in [6.45, 7) is 5.90. The van der Waals surface area contributed by atoms with Crippen LogP contribution in [0, 0.1) is 0 Å². The van der Waals surface area contributed by atoms with Gasteiger partial charge in [0.2, 0.25) is 0 Å². The Morgan fingerprint density at radius 3 is 2.65 bits per heavy atom. The van der Waals surface area contributed by atoms with Gasteiger partial charge in [-0.05, 0) is 36.1 Å². The highest BCUT2D eigenvalue weighted by Crippen LogP contribution is 2.28. The van der Waals surface area contributed by atoms with Crippen LogP contribution >= 0.6 is 12.4 Å². The van der Waals surface area contributed by atoms with Crippen LogP contribution in [0.25, 0.3) is 11.0 Å². The van der Waals surface area contributed by atoms with Gasteiger partial charge < -0.3 is 9.30 Å². The number of imidazole rings is 1. The monoisotopic (exact) mass is 330 g/mol. The highest BCUT2D eigenvalue weighted by molar-refractivity contribution is 5.85. The average molecular weight is 331 g/mol. The van der Waals surface area contributed by atoms with E-state index in [1.807, 2.05) is 30.6 Å². The Bertz CT molecular complexity index is 754. The molecule has 0 aliphatic heterocycles. The van der Waals surface area contributed by atoms with Crippen molar-refractivity contribution >= 4 is 23.4 Å². The fourth-order valence-corrected chi connectivity index (χ4v) is 2.68. The number of rotatable bonds is 6. The van der Waals surface area contributed by atoms with E-state index >= 15 is 0 Å². The lowest BCUT2D eigenvalue weighted by molar-refractivity contribution is 0.295. The van der Waals surface area contributed by atoms with Crippen molar-refractivity contribution < 1.29 is 4.74 Å². The van der Waals surface area contributed by atoms with Gasteiger partial charge in [0.15, 0.2) is 0 Å². The molecule has 0 aliphatic carbocycles. The molecule has 0 radical (unpaired) electrons. The summed E-state index contributed by atoms with van der Waals surface area (Å²) in [5.41, 5.74) is 3.48. The van der Waals surface area contributed by atoms with E-state index in [9.17, 15) is 0 Å². The lowest BCUT2D eigenvalue weighted by Crippen LogP contribution is -2.09. The predicted molar refractivity (Wildman–Crippen MR) is 97.6 cm³/mol. The Morgan fingerprint density at radius 2 is 1.83 bits per heavy atom. The van der Waals surface area contributed by atoms with Crippen LogP contribution in [0.1, 0.15) is 31.7 Å². The van der Waals surface area contributed by atoms with E-state index in [-0.39, 0.29) is 12.4 Å². The molecule has 0 aliphatic rings. The summed E-state index contributed by atoms with van der Waals surface area (Å²) >= 11 is 0. The zero-order valence-electron chi connectivity index (χ0n) is 13.6. The fraction of sp³-hybridized carbons (Fsp3) is 0.316. The molecular formula is C19H23ClN2O. The van der Waals surface area contributed by atoms with Crippen molar-refractivity contribution in [2.24, 2.45) is 0 Å². The van der Waals surface area contributed by atoms with Crippen molar-refractivity contribution in [2.75, 3.05) is 6.61 Å². The van der Waals surface area contributed by atoms with Gasteiger partial charge in [-0.15, -0.1) is 12.4 Å². The van der Waals surface area contributed by atoms with Gasteiger partial charge in [0.25, 0.3) is 0 Å². The zero-order chi connectivity index (χ0) is 15.4. The van der Waals surface area contributed by atoms with E-state index in [1.165, 1.54) is 5.56 Å². The summed E-state index contributed by atoms with van der Waals surface area (Å²) < 4.78 is 8.17. The van der Waals surface area contributed by atoms with E-state index < -0.39 is 0 Å². The molecule has 1 heterocycles. The van der Waals surface area contributed by atoms with Crippen LogP contribution in [0.5, 0.6) is 5.75 Å². The fourth-order valence-electron chi connectivity index (χ4n) is 2.68. The number of halogens is 1. The maximum absolute atomic E-state index is 6.03. The first-order chi connectivity index (χ1) is 10.8. The van der Waals surface area contributed by atoms with Crippen LogP contribution in [0.3, 0.4) is 0 Å². The number of aromatic nitrogens is 2. The molecular weight excluding hydrogens is 308 g/mol. The SMILES string of the molecule is CCC(C)c1ccccc1OCCn1cnc2ccccc21.Cl. The van der Waals surface area contributed by atoms with Gasteiger partial charge in [-0.25, -0.2) is 4.98 Å². The van der Waals surface area contributed by atoms with Gasteiger partial charge >= 0.3 is 0 Å². The third-order valence-electron chi connectivity index (χ3n) is 4.18. The number of nitrogens with zero attached hydrogens (tertiary/aromatic N) is 2. The third kappa shape index (κ3) is 3.85. The molecule has 4 heteroatoms. The highest BCUT2D eigenvalue weighted by atomic mass is 35.5. The molecule has 1 aromatic heterocycles. The molecule has 1 unspecified atom stereocenters. The quantitative estimate of drug-likeness (QED) is 0.632. The minimum Gasteiger partial charge on any atom is -0.491 e. The second kappa shape index (κ2) is 8.02. The Morgan fingerprint density at radius 1 is 1.09 bits per heavy atom. The summed E-state index contributed by atoms with van der Waals surface area (Å²) in [6.07, 6.45) is 3.00. The lowest BCUT2D eigenvalue weighted by atomic mass is 9.98. The molecule has 0 spiro atoms. The maximum Gasteiger partial charge on any atom is 0.122 e. The molecule has 2 aromatic carbocycles. The highest BCUT2D eigenvalue weighted by Gasteiger charge is 2.09. The summed E-state index contributed by atoms with van der Waals surface area (Å²) in [5.74, 6) is 1.52. The predicted octanol–water partition coefficient (Wildman–Crippen LogP) is 5.05. The van der Waals surface area contributed by atoms with Crippen LogP contribution < -0.4 is 4.74 Å². The minimum absolute atomic E-state index is 0. The number of benzene rings is 2. The smallest absolute Gasteiger partial charge is 0.122 e. The topological polar surface area (TPSA) is 27.1 Å². The number of fused-ring (bicyclic) bond motifs is 1. The van der Waals surface area contributed by atoms with Gasteiger partial charge in [-0.2, -0.15) is 0 Å².